The lowest BCUT2D eigenvalue weighted by Crippen LogP contribution is -1.64. The van der Waals surface area contributed by atoms with Gasteiger partial charge in [0, 0.05) is 11.8 Å². The van der Waals surface area contributed by atoms with Crippen LogP contribution in [0.25, 0.3) is 0 Å². The quantitative estimate of drug-likeness (QED) is 0.486. The SMILES string of the molecule is CCC/C=C\C#CCCBr. The molecule has 1 heteroatoms. The maximum atomic E-state index is 3.31. The van der Waals surface area contributed by atoms with Gasteiger partial charge in [-0.25, -0.2) is 0 Å². The minimum atomic E-state index is 0.941. The Hall–Kier alpha value is -0.220. The van der Waals surface area contributed by atoms with Gasteiger partial charge < -0.3 is 0 Å². The van der Waals surface area contributed by atoms with Gasteiger partial charge in [0.25, 0.3) is 0 Å². The molecule has 0 aliphatic carbocycles. The van der Waals surface area contributed by atoms with Crippen molar-refractivity contribution in [2.24, 2.45) is 0 Å². The normalized spacial score (nSPS) is 9.40. The van der Waals surface area contributed by atoms with E-state index in [4.69, 9.17) is 0 Å². The second-order valence-corrected chi connectivity index (χ2v) is 2.74. The lowest BCUT2D eigenvalue weighted by atomic mass is 10.3. The molecule has 0 aliphatic heterocycles. The first-order valence-corrected chi connectivity index (χ1v) is 4.73. The van der Waals surface area contributed by atoms with Gasteiger partial charge in [-0.15, -0.1) is 0 Å². The Bertz CT molecular complexity index is 137. The number of halogens is 1. The van der Waals surface area contributed by atoms with Gasteiger partial charge in [-0.3, -0.25) is 0 Å². The average molecular weight is 201 g/mol. The molecule has 0 atom stereocenters. The molecule has 0 amide bonds. The molecule has 0 fully saturated rings. The molecule has 0 heterocycles. The summed E-state index contributed by atoms with van der Waals surface area (Å²) < 4.78 is 0. The highest BCUT2D eigenvalue weighted by Crippen LogP contribution is 1.87. The monoisotopic (exact) mass is 200 g/mol. The van der Waals surface area contributed by atoms with E-state index in [9.17, 15) is 0 Å². The van der Waals surface area contributed by atoms with Crippen molar-refractivity contribution in [3.8, 4) is 11.8 Å². The predicted molar refractivity (Wildman–Crippen MR) is 50.2 cm³/mol. The summed E-state index contributed by atoms with van der Waals surface area (Å²) in [7, 11) is 0. The van der Waals surface area contributed by atoms with Gasteiger partial charge >= 0.3 is 0 Å². The Labute approximate surface area is 71.8 Å². The third kappa shape index (κ3) is 7.78. The van der Waals surface area contributed by atoms with Gasteiger partial charge in [-0.1, -0.05) is 47.2 Å². The fourth-order valence-electron chi connectivity index (χ4n) is 0.487. The van der Waals surface area contributed by atoms with Crippen LogP contribution in [0, 0.1) is 11.8 Å². The molecule has 0 aromatic heterocycles. The first kappa shape index (κ1) is 9.78. The van der Waals surface area contributed by atoms with Crippen LogP contribution in [-0.4, -0.2) is 5.33 Å². The molecule has 0 aromatic carbocycles. The smallest absolute Gasteiger partial charge is 0.0189 e. The Balaban J connectivity index is 3.25. The van der Waals surface area contributed by atoms with Crippen LogP contribution >= 0.6 is 15.9 Å². The molecular formula is C9H13Br. The highest BCUT2D eigenvalue weighted by Gasteiger charge is 1.70. The van der Waals surface area contributed by atoms with Crippen LogP contribution in [0.3, 0.4) is 0 Å². The van der Waals surface area contributed by atoms with Gasteiger partial charge in [0.1, 0.15) is 0 Å². The summed E-state index contributed by atoms with van der Waals surface area (Å²) in [5.74, 6) is 5.97. The number of unbranched alkanes of at least 4 members (excludes halogenated alkanes) is 1. The molecular weight excluding hydrogens is 188 g/mol. The maximum absolute atomic E-state index is 3.31. The number of hydrogen-bond donors (Lipinski definition) is 0. The van der Waals surface area contributed by atoms with E-state index < -0.39 is 0 Å². The lowest BCUT2D eigenvalue weighted by Gasteiger charge is -1.78. The molecule has 0 bridgehead atoms. The summed E-state index contributed by atoms with van der Waals surface area (Å²) >= 11 is 3.31. The number of rotatable bonds is 3. The number of hydrogen-bond acceptors (Lipinski definition) is 0. The molecule has 0 N–H and O–H groups in total. The van der Waals surface area contributed by atoms with Crippen molar-refractivity contribution in [2.45, 2.75) is 26.2 Å². The lowest BCUT2D eigenvalue weighted by molar-refractivity contribution is 0.959. The predicted octanol–water partition coefficient (Wildman–Crippen LogP) is 3.13. The van der Waals surface area contributed by atoms with Crippen LogP contribution in [0.2, 0.25) is 0 Å². The van der Waals surface area contributed by atoms with E-state index in [1.807, 2.05) is 6.08 Å². The molecule has 0 radical (unpaired) electrons. The minimum absolute atomic E-state index is 0.941. The van der Waals surface area contributed by atoms with Crippen LogP contribution in [0.4, 0.5) is 0 Å². The second kappa shape index (κ2) is 8.78. The van der Waals surface area contributed by atoms with Crippen LogP contribution < -0.4 is 0 Å². The zero-order valence-electron chi connectivity index (χ0n) is 6.36. The minimum Gasteiger partial charge on any atom is -0.0977 e. The second-order valence-electron chi connectivity index (χ2n) is 1.95. The largest absolute Gasteiger partial charge is 0.0977 e. The number of alkyl halides is 1. The van der Waals surface area contributed by atoms with Crippen molar-refractivity contribution < 1.29 is 0 Å². The Morgan fingerprint density at radius 2 is 2.30 bits per heavy atom. The van der Waals surface area contributed by atoms with Crippen LogP contribution in [0.1, 0.15) is 26.2 Å². The topological polar surface area (TPSA) is 0 Å². The van der Waals surface area contributed by atoms with Gasteiger partial charge in [0.2, 0.25) is 0 Å². The Kier molecular flexibility index (Phi) is 8.59. The highest BCUT2D eigenvalue weighted by molar-refractivity contribution is 9.09. The molecule has 0 nitrogen and oxygen atoms in total. The van der Waals surface area contributed by atoms with E-state index in [2.05, 4.69) is 40.8 Å². The number of allylic oxidation sites excluding steroid dienone is 2. The van der Waals surface area contributed by atoms with E-state index in [0.717, 1.165) is 18.2 Å². The first-order chi connectivity index (χ1) is 4.91. The van der Waals surface area contributed by atoms with Crippen molar-refractivity contribution >= 4 is 15.9 Å². The van der Waals surface area contributed by atoms with Gasteiger partial charge in [0.15, 0.2) is 0 Å². The standard InChI is InChI=1S/C9H13Br/c1-2-3-4-5-6-7-8-9-10/h4-5H,2-3,8-9H2,1H3/b5-4-. The zero-order valence-corrected chi connectivity index (χ0v) is 7.95. The summed E-state index contributed by atoms with van der Waals surface area (Å²) in [5.41, 5.74) is 0. The van der Waals surface area contributed by atoms with E-state index in [1.54, 1.807) is 0 Å². The van der Waals surface area contributed by atoms with Gasteiger partial charge in [0.05, 0.1) is 0 Å². The molecule has 56 valence electrons. The fourth-order valence-corrected chi connectivity index (χ4v) is 0.686. The molecule has 0 spiro atoms. The van der Waals surface area contributed by atoms with E-state index in [1.165, 1.54) is 6.42 Å². The van der Waals surface area contributed by atoms with Crippen molar-refractivity contribution in [3.05, 3.63) is 12.2 Å². The van der Waals surface area contributed by atoms with Crippen molar-refractivity contribution in [2.75, 3.05) is 5.33 Å². The summed E-state index contributed by atoms with van der Waals surface area (Å²) in [6.45, 7) is 2.16. The molecule has 0 saturated carbocycles. The zero-order chi connectivity index (χ0) is 7.66. The van der Waals surface area contributed by atoms with E-state index in [0.29, 0.717) is 0 Å². The average Bonchev–Trinajstić information content (AvgIpc) is 1.97. The van der Waals surface area contributed by atoms with Crippen LogP contribution in [-0.2, 0) is 0 Å². The van der Waals surface area contributed by atoms with Gasteiger partial charge in [-0.2, -0.15) is 0 Å². The molecule has 0 aliphatic rings. The first-order valence-electron chi connectivity index (χ1n) is 3.61. The van der Waals surface area contributed by atoms with Crippen LogP contribution in [0.15, 0.2) is 12.2 Å². The third-order valence-electron chi connectivity index (χ3n) is 0.978. The third-order valence-corrected chi connectivity index (χ3v) is 1.37. The fraction of sp³-hybridized carbons (Fsp3) is 0.556. The Morgan fingerprint density at radius 1 is 1.50 bits per heavy atom. The summed E-state index contributed by atoms with van der Waals surface area (Å²) in [5, 5.41) is 0.974. The summed E-state index contributed by atoms with van der Waals surface area (Å²) in [4.78, 5) is 0. The molecule has 0 aromatic rings. The van der Waals surface area contributed by atoms with E-state index in [-0.39, 0.29) is 0 Å². The summed E-state index contributed by atoms with van der Waals surface area (Å²) in [6, 6.07) is 0. The van der Waals surface area contributed by atoms with E-state index >= 15 is 0 Å². The molecule has 0 saturated heterocycles. The Morgan fingerprint density at radius 3 is 2.90 bits per heavy atom. The maximum Gasteiger partial charge on any atom is 0.0189 e. The summed E-state index contributed by atoms with van der Waals surface area (Å²) in [6.07, 6.45) is 7.34. The molecule has 0 unspecified atom stereocenters. The van der Waals surface area contributed by atoms with Crippen molar-refractivity contribution in [3.63, 3.8) is 0 Å². The van der Waals surface area contributed by atoms with Crippen LogP contribution in [0.5, 0.6) is 0 Å². The molecule has 0 rings (SSSR count). The van der Waals surface area contributed by atoms with Crippen molar-refractivity contribution in [1.29, 1.82) is 0 Å². The highest BCUT2D eigenvalue weighted by atomic mass is 79.9. The molecule has 10 heavy (non-hydrogen) atoms. The van der Waals surface area contributed by atoms with Crippen molar-refractivity contribution in [1.82, 2.24) is 0 Å². The van der Waals surface area contributed by atoms with Gasteiger partial charge in [-0.05, 0) is 12.5 Å².